The van der Waals surface area contributed by atoms with E-state index in [0.29, 0.717) is 35.3 Å². The molecule has 0 aliphatic carbocycles. The average Bonchev–Trinajstić information content (AvgIpc) is 2.68. The van der Waals surface area contributed by atoms with E-state index in [9.17, 15) is 9.18 Å². The van der Waals surface area contributed by atoms with Gasteiger partial charge in [0.15, 0.2) is 0 Å². The van der Waals surface area contributed by atoms with Crippen molar-refractivity contribution in [2.45, 2.75) is 13.0 Å². The molecule has 26 heavy (non-hydrogen) atoms. The summed E-state index contributed by atoms with van der Waals surface area (Å²) in [6, 6.07) is 23.4. The predicted octanol–water partition coefficient (Wildman–Crippen LogP) is 4.45. The summed E-state index contributed by atoms with van der Waals surface area (Å²) in [5, 5.41) is 0.570. The van der Waals surface area contributed by atoms with Gasteiger partial charge in [-0.3, -0.25) is 9.36 Å². The van der Waals surface area contributed by atoms with Crippen molar-refractivity contribution in [3.8, 4) is 11.4 Å². The Labute approximate surface area is 150 Å². The fourth-order valence-electron chi connectivity index (χ4n) is 3.11. The average molecular weight is 344 g/mol. The zero-order chi connectivity index (χ0) is 17.9. The summed E-state index contributed by atoms with van der Waals surface area (Å²) >= 11 is 0. The number of benzene rings is 3. The fourth-order valence-corrected chi connectivity index (χ4v) is 3.11. The van der Waals surface area contributed by atoms with Gasteiger partial charge in [0.05, 0.1) is 10.9 Å². The summed E-state index contributed by atoms with van der Waals surface area (Å²) < 4.78 is 15.4. The van der Waals surface area contributed by atoms with Crippen LogP contribution in [0.2, 0.25) is 0 Å². The van der Waals surface area contributed by atoms with Crippen LogP contribution in [0, 0.1) is 5.82 Å². The summed E-state index contributed by atoms with van der Waals surface area (Å²) in [7, 11) is 0. The Morgan fingerprint density at radius 2 is 1.65 bits per heavy atom. The fraction of sp³-hybridized carbons (Fsp3) is 0.0909. The monoisotopic (exact) mass is 344 g/mol. The standard InChI is InChI=1S/C22H17FN2O/c23-18-10-6-9-17(15-18)21-24-20-12-5-4-11-19(20)22(26)25(21)14-13-16-7-2-1-3-8-16/h1-12,15H,13-14H2. The molecule has 0 saturated carbocycles. The van der Waals surface area contributed by atoms with Gasteiger partial charge in [-0.25, -0.2) is 9.37 Å². The van der Waals surface area contributed by atoms with Gasteiger partial charge in [0.1, 0.15) is 11.6 Å². The minimum absolute atomic E-state index is 0.106. The topological polar surface area (TPSA) is 34.9 Å². The van der Waals surface area contributed by atoms with Crippen molar-refractivity contribution in [3.63, 3.8) is 0 Å². The summed E-state index contributed by atoms with van der Waals surface area (Å²) in [5.74, 6) is 0.142. The Balaban J connectivity index is 1.86. The number of hydrogen-bond donors (Lipinski definition) is 0. The largest absolute Gasteiger partial charge is 0.292 e. The highest BCUT2D eigenvalue weighted by molar-refractivity contribution is 5.79. The first-order valence-corrected chi connectivity index (χ1v) is 8.52. The van der Waals surface area contributed by atoms with E-state index < -0.39 is 0 Å². The van der Waals surface area contributed by atoms with Crippen molar-refractivity contribution in [2.75, 3.05) is 0 Å². The maximum absolute atomic E-state index is 13.7. The van der Waals surface area contributed by atoms with Gasteiger partial charge < -0.3 is 0 Å². The molecule has 4 heteroatoms. The zero-order valence-corrected chi connectivity index (χ0v) is 14.1. The van der Waals surface area contributed by atoms with Gasteiger partial charge >= 0.3 is 0 Å². The molecule has 0 aliphatic rings. The maximum Gasteiger partial charge on any atom is 0.261 e. The molecule has 0 N–H and O–H groups in total. The van der Waals surface area contributed by atoms with Crippen LogP contribution >= 0.6 is 0 Å². The molecule has 4 rings (SSSR count). The summed E-state index contributed by atoms with van der Waals surface area (Å²) in [5.41, 5.74) is 2.25. The van der Waals surface area contributed by atoms with Crippen LogP contribution in [0.4, 0.5) is 4.39 Å². The zero-order valence-electron chi connectivity index (χ0n) is 14.1. The number of hydrogen-bond acceptors (Lipinski definition) is 2. The molecule has 3 aromatic carbocycles. The van der Waals surface area contributed by atoms with Gasteiger partial charge in [-0.1, -0.05) is 54.6 Å². The Hall–Kier alpha value is -3.27. The second-order valence-corrected chi connectivity index (χ2v) is 6.16. The molecular formula is C22H17FN2O. The van der Waals surface area contributed by atoms with Crippen LogP contribution in [0.15, 0.2) is 83.7 Å². The van der Waals surface area contributed by atoms with Crippen LogP contribution in [0.1, 0.15) is 5.56 Å². The first kappa shape index (κ1) is 16.2. The van der Waals surface area contributed by atoms with Crippen LogP contribution < -0.4 is 5.56 Å². The quantitative estimate of drug-likeness (QED) is 0.548. The van der Waals surface area contributed by atoms with Crippen molar-refractivity contribution in [1.29, 1.82) is 0 Å². The number of fused-ring (bicyclic) bond motifs is 1. The molecule has 0 spiro atoms. The highest BCUT2D eigenvalue weighted by Gasteiger charge is 2.13. The first-order valence-electron chi connectivity index (χ1n) is 8.52. The van der Waals surface area contributed by atoms with Gasteiger partial charge in [0.25, 0.3) is 5.56 Å². The number of para-hydroxylation sites is 1. The molecule has 0 unspecified atom stereocenters. The number of halogens is 1. The molecule has 0 saturated heterocycles. The summed E-state index contributed by atoms with van der Waals surface area (Å²) in [6.07, 6.45) is 0.698. The van der Waals surface area contributed by atoms with Gasteiger partial charge in [0, 0.05) is 12.1 Å². The van der Waals surface area contributed by atoms with Gasteiger partial charge in [-0.15, -0.1) is 0 Å². The van der Waals surface area contributed by atoms with Crippen molar-refractivity contribution >= 4 is 10.9 Å². The maximum atomic E-state index is 13.7. The molecule has 4 aromatic rings. The summed E-state index contributed by atoms with van der Waals surface area (Å²) in [4.78, 5) is 17.7. The third-order valence-corrected chi connectivity index (χ3v) is 4.41. The number of rotatable bonds is 4. The number of aromatic nitrogens is 2. The minimum atomic E-state index is -0.348. The van der Waals surface area contributed by atoms with Crippen LogP contribution in [-0.4, -0.2) is 9.55 Å². The van der Waals surface area contributed by atoms with E-state index in [1.165, 1.54) is 12.1 Å². The minimum Gasteiger partial charge on any atom is -0.292 e. The predicted molar refractivity (Wildman–Crippen MR) is 102 cm³/mol. The number of aryl methyl sites for hydroxylation is 1. The molecule has 0 amide bonds. The van der Waals surface area contributed by atoms with Crippen LogP contribution in [0.3, 0.4) is 0 Å². The van der Waals surface area contributed by atoms with Gasteiger partial charge in [0.2, 0.25) is 0 Å². The highest BCUT2D eigenvalue weighted by atomic mass is 19.1. The Morgan fingerprint density at radius 3 is 2.46 bits per heavy atom. The SMILES string of the molecule is O=c1c2ccccc2nc(-c2cccc(F)c2)n1CCc1ccccc1. The third-order valence-electron chi connectivity index (χ3n) is 4.41. The van der Waals surface area contributed by atoms with E-state index in [1.54, 1.807) is 28.8 Å². The van der Waals surface area contributed by atoms with E-state index in [1.807, 2.05) is 42.5 Å². The van der Waals surface area contributed by atoms with E-state index >= 15 is 0 Å². The smallest absolute Gasteiger partial charge is 0.261 e. The third kappa shape index (κ3) is 3.14. The molecule has 0 fully saturated rings. The lowest BCUT2D eigenvalue weighted by molar-refractivity contribution is 0.626. The second-order valence-electron chi connectivity index (χ2n) is 6.16. The molecule has 3 nitrogen and oxygen atoms in total. The molecule has 128 valence electrons. The molecule has 1 heterocycles. The molecule has 1 aromatic heterocycles. The molecule has 0 atom stereocenters. The van der Waals surface area contributed by atoms with Gasteiger partial charge in [-0.2, -0.15) is 0 Å². The highest BCUT2D eigenvalue weighted by Crippen LogP contribution is 2.20. The number of nitrogens with zero attached hydrogens (tertiary/aromatic N) is 2. The van der Waals surface area contributed by atoms with E-state index in [0.717, 1.165) is 5.56 Å². The lowest BCUT2D eigenvalue weighted by Crippen LogP contribution is -2.24. The lowest BCUT2D eigenvalue weighted by atomic mass is 10.1. The Kier molecular flexibility index (Phi) is 4.32. The van der Waals surface area contributed by atoms with Crippen molar-refractivity contribution in [1.82, 2.24) is 9.55 Å². The molecule has 0 aliphatic heterocycles. The second kappa shape index (κ2) is 6.92. The molecular weight excluding hydrogens is 327 g/mol. The lowest BCUT2D eigenvalue weighted by Gasteiger charge is -2.14. The normalized spacial score (nSPS) is 11.0. The van der Waals surface area contributed by atoms with Crippen molar-refractivity contribution < 1.29 is 4.39 Å². The van der Waals surface area contributed by atoms with E-state index in [4.69, 9.17) is 0 Å². The van der Waals surface area contributed by atoms with E-state index in [2.05, 4.69) is 4.98 Å². The van der Waals surface area contributed by atoms with Gasteiger partial charge in [-0.05, 0) is 36.2 Å². The van der Waals surface area contributed by atoms with E-state index in [-0.39, 0.29) is 11.4 Å². The van der Waals surface area contributed by atoms with Crippen molar-refractivity contribution in [2.24, 2.45) is 0 Å². The molecule has 0 bridgehead atoms. The summed E-state index contributed by atoms with van der Waals surface area (Å²) in [6.45, 7) is 0.479. The van der Waals surface area contributed by atoms with Crippen LogP contribution in [-0.2, 0) is 13.0 Å². The Bertz CT molecular complexity index is 1120. The first-order chi connectivity index (χ1) is 12.7. The Morgan fingerprint density at radius 1 is 0.885 bits per heavy atom. The van der Waals surface area contributed by atoms with Crippen LogP contribution in [0.5, 0.6) is 0 Å². The van der Waals surface area contributed by atoms with Crippen molar-refractivity contribution in [3.05, 3.63) is 101 Å². The molecule has 0 radical (unpaired) electrons. The van der Waals surface area contributed by atoms with Crippen LogP contribution in [0.25, 0.3) is 22.3 Å².